The summed E-state index contributed by atoms with van der Waals surface area (Å²) >= 11 is 0. The van der Waals surface area contributed by atoms with E-state index in [2.05, 4.69) is 5.32 Å². The highest BCUT2D eigenvalue weighted by Crippen LogP contribution is 2.39. The average molecular weight is 239 g/mol. The van der Waals surface area contributed by atoms with E-state index < -0.39 is 9.84 Å². The first-order valence-corrected chi connectivity index (χ1v) is 7.05. The lowest BCUT2D eigenvalue weighted by molar-refractivity contribution is 0.378. The minimum atomic E-state index is -3.15. The molecule has 0 saturated heterocycles. The van der Waals surface area contributed by atoms with Gasteiger partial charge in [-0.3, -0.25) is 0 Å². The molecule has 0 spiro atoms. The molecule has 0 fully saturated rings. The van der Waals surface area contributed by atoms with Crippen molar-refractivity contribution in [2.24, 2.45) is 5.92 Å². The molecular formula is C12H17NO2S. The van der Waals surface area contributed by atoms with Gasteiger partial charge in [0.1, 0.15) is 0 Å². The fourth-order valence-electron chi connectivity index (χ4n) is 2.45. The van der Waals surface area contributed by atoms with E-state index in [9.17, 15) is 8.42 Å². The zero-order valence-corrected chi connectivity index (χ0v) is 10.6. The number of benzene rings is 1. The second kappa shape index (κ2) is 3.86. The van der Waals surface area contributed by atoms with Crippen LogP contribution in [-0.4, -0.2) is 20.7 Å². The lowest BCUT2D eigenvalue weighted by Crippen LogP contribution is -2.40. The first-order chi connectivity index (χ1) is 7.50. The topological polar surface area (TPSA) is 46.2 Å². The Morgan fingerprint density at radius 3 is 2.44 bits per heavy atom. The predicted octanol–water partition coefficient (Wildman–Crippen LogP) is 1.76. The summed E-state index contributed by atoms with van der Waals surface area (Å²) in [6.45, 7) is 3.78. The highest BCUT2D eigenvalue weighted by atomic mass is 32.2. The Labute approximate surface area is 96.8 Å². The number of hydrogen-bond acceptors (Lipinski definition) is 3. The Balaban J connectivity index is 2.69. The summed E-state index contributed by atoms with van der Waals surface area (Å²) in [5.74, 6) is 0.0879. The van der Waals surface area contributed by atoms with E-state index in [1.807, 2.05) is 26.1 Å². The van der Waals surface area contributed by atoms with E-state index in [1.165, 1.54) is 0 Å². The molecule has 4 heteroatoms. The number of sulfone groups is 1. The minimum Gasteiger partial charge on any atom is -0.313 e. The Morgan fingerprint density at radius 1 is 1.19 bits per heavy atom. The van der Waals surface area contributed by atoms with Gasteiger partial charge in [-0.2, -0.15) is 0 Å². The van der Waals surface area contributed by atoms with Crippen molar-refractivity contribution in [2.75, 3.05) is 7.05 Å². The van der Waals surface area contributed by atoms with Crippen LogP contribution in [0.5, 0.6) is 0 Å². The summed E-state index contributed by atoms with van der Waals surface area (Å²) in [6.07, 6.45) is 0. The Bertz CT molecular complexity index is 495. The van der Waals surface area contributed by atoms with Crippen molar-refractivity contribution in [3.05, 3.63) is 29.8 Å². The largest absolute Gasteiger partial charge is 0.313 e. The van der Waals surface area contributed by atoms with E-state index in [4.69, 9.17) is 0 Å². The molecular weight excluding hydrogens is 222 g/mol. The molecule has 3 unspecified atom stereocenters. The highest BCUT2D eigenvalue weighted by molar-refractivity contribution is 7.92. The molecule has 0 radical (unpaired) electrons. The van der Waals surface area contributed by atoms with E-state index >= 15 is 0 Å². The fourth-order valence-corrected chi connectivity index (χ4v) is 4.37. The van der Waals surface area contributed by atoms with Crippen LogP contribution in [0, 0.1) is 5.92 Å². The standard InChI is InChI=1S/C12H17NO2S/c1-8-9(2)16(14,15)11-7-5-4-6-10(11)12(8)13-3/h4-9,12-13H,1-3H3. The third-order valence-corrected chi connectivity index (χ3v) is 6.02. The van der Waals surface area contributed by atoms with E-state index in [0.717, 1.165) is 5.56 Å². The van der Waals surface area contributed by atoms with E-state index in [-0.39, 0.29) is 17.2 Å². The van der Waals surface area contributed by atoms with Gasteiger partial charge in [0.2, 0.25) is 0 Å². The van der Waals surface area contributed by atoms with Crippen molar-refractivity contribution in [3.8, 4) is 0 Å². The molecule has 3 nitrogen and oxygen atoms in total. The maximum Gasteiger partial charge on any atom is 0.181 e. The molecule has 0 aromatic heterocycles. The lowest BCUT2D eigenvalue weighted by Gasteiger charge is -2.35. The van der Waals surface area contributed by atoms with Crippen LogP contribution in [0.25, 0.3) is 0 Å². The minimum absolute atomic E-state index is 0.0879. The summed E-state index contributed by atoms with van der Waals surface area (Å²) in [7, 11) is -1.28. The molecule has 1 aliphatic heterocycles. The maximum absolute atomic E-state index is 12.2. The molecule has 3 atom stereocenters. The molecule has 0 aliphatic carbocycles. The molecule has 0 amide bonds. The molecule has 1 heterocycles. The highest BCUT2D eigenvalue weighted by Gasteiger charge is 2.40. The second-order valence-electron chi connectivity index (χ2n) is 4.41. The molecule has 0 saturated carbocycles. The summed E-state index contributed by atoms with van der Waals surface area (Å²) in [6, 6.07) is 7.40. The van der Waals surface area contributed by atoms with Crippen molar-refractivity contribution in [2.45, 2.75) is 30.0 Å². The van der Waals surface area contributed by atoms with Crippen LogP contribution >= 0.6 is 0 Å². The fraction of sp³-hybridized carbons (Fsp3) is 0.500. The van der Waals surface area contributed by atoms with Gasteiger partial charge in [0, 0.05) is 6.04 Å². The lowest BCUT2D eigenvalue weighted by atomic mass is 9.91. The number of fused-ring (bicyclic) bond motifs is 1. The number of hydrogen-bond donors (Lipinski definition) is 1. The normalized spacial score (nSPS) is 32.1. The first kappa shape index (κ1) is 11.6. The molecule has 1 N–H and O–H groups in total. The van der Waals surface area contributed by atoms with Gasteiger partial charge in [-0.05, 0) is 31.5 Å². The van der Waals surface area contributed by atoms with Gasteiger partial charge in [0.05, 0.1) is 10.1 Å². The van der Waals surface area contributed by atoms with Crippen molar-refractivity contribution >= 4 is 9.84 Å². The Hall–Kier alpha value is -0.870. The van der Waals surface area contributed by atoms with Gasteiger partial charge in [-0.1, -0.05) is 25.1 Å². The van der Waals surface area contributed by atoms with Crippen LogP contribution in [0.15, 0.2) is 29.2 Å². The molecule has 1 aromatic rings. The third kappa shape index (κ3) is 1.48. The summed E-state index contributed by atoms with van der Waals surface area (Å²) < 4.78 is 24.5. The predicted molar refractivity (Wildman–Crippen MR) is 64.1 cm³/mol. The van der Waals surface area contributed by atoms with Crippen LogP contribution in [0.1, 0.15) is 25.5 Å². The number of nitrogens with one attached hydrogen (secondary N) is 1. The first-order valence-electron chi connectivity index (χ1n) is 5.50. The number of rotatable bonds is 1. The zero-order valence-electron chi connectivity index (χ0n) is 9.77. The zero-order chi connectivity index (χ0) is 11.9. The van der Waals surface area contributed by atoms with Crippen LogP contribution in [0.3, 0.4) is 0 Å². The smallest absolute Gasteiger partial charge is 0.181 e. The average Bonchev–Trinajstić information content (AvgIpc) is 2.28. The SMILES string of the molecule is CNC1c2ccccc2S(=O)(=O)C(C)C1C. The van der Waals surface area contributed by atoms with Crippen LogP contribution in [0.2, 0.25) is 0 Å². The molecule has 16 heavy (non-hydrogen) atoms. The Morgan fingerprint density at radius 2 is 1.81 bits per heavy atom. The van der Waals surface area contributed by atoms with Crippen molar-refractivity contribution in [1.29, 1.82) is 0 Å². The maximum atomic E-state index is 12.2. The molecule has 88 valence electrons. The monoisotopic (exact) mass is 239 g/mol. The van der Waals surface area contributed by atoms with Crippen molar-refractivity contribution in [3.63, 3.8) is 0 Å². The van der Waals surface area contributed by atoms with Crippen molar-refractivity contribution in [1.82, 2.24) is 5.32 Å². The summed E-state index contributed by atoms with van der Waals surface area (Å²) in [5, 5.41) is 2.88. The molecule has 1 aliphatic rings. The van der Waals surface area contributed by atoms with Crippen LogP contribution in [0.4, 0.5) is 0 Å². The molecule has 2 rings (SSSR count). The second-order valence-corrected chi connectivity index (χ2v) is 6.69. The molecule has 1 aromatic carbocycles. The summed E-state index contributed by atoms with van der Waals surface area (Å²) in [4.78, 5) is 0.486. The van der Waals surface area contributed by atoms with E-state index in [1.54, 1.807) is 19.1 Å². The summed E-state index contributed by atoms with van der Waals surface area (Å²) in [5.41, 5.74) is 0.899. The van der Waals surface area contributed by atoms with E-state index in [0.29, 0.717) is 4.90 Å². The quantitative estimate of drug-likeness (QED) is 0.812. The van der Waals surface area contributed by atoms with Crippen LogP contribution in [-0.2, 0) is 9.84 Å². The van der Waals surface area contributed by atoms with Gasteiger partial charge in [0.15, 0.2) is 9.84 Å². The Kier molecular flexibility index (Phi) is 2.80. The third-order valence-electron chi connectivity index (χ3n) is 3.63. The van der Waals surface area contributed by atoms with Crippen LogP contribution < -0.4 is 5.32 Å². The van der Waals surface area contributed by atoms with Gasteiger partial charge in [-0.15, -0.1) is 0 Å². The van der Waals surface area contributed by atoms with Gasteiger partial charge in [0.25, 0.3) is 0 Å². The molecule has 0 bridgehead atoms. The van der Waals surface area contributed by atoms with Gasteiger partial charge >= 0.3 is 0 Å². The van der Waals surface area contributed by atoms with Gasteiger partial charge < -0.3 is 5.32 Å². The van der Waals surface area contributed by atoms with Crippen molar-refractivity contribution < 1.29 is 8.42 Å². The van der Waals surface area contributed by atoms with Gasteiger partial charge in [-0.25, -0.2) is 8.42 Å².